The Morgan fingerprint density at radius 1 is 1.06 bits per heavy atom. The Balaban J connectivity index is 1.26. The average Bonchev–Trinajstić information content (AvgIpc) is 3.07. The van der Waals surface area contributed by atoms with E-state index >= 15 is 0 Å². The lowest BCUT2D eigenvalue weighted by Gasteiger charge is -2.40. The van der Waals surface area contributed by atoms with Crippen molar-refractivity contribution in [2.24, 2.45) is 28.7 Å². The van der Waals surface area contributed by atoms with Crippen LogP contribution < -0.4 is 0 Å². The van der Waals surface area contributed by atoms with Gasteiger partial charge in [-0.3, -0.25) is 0 Å². The van der Waals surface area contributed by atoms with E-state index in [1.54, 1.807) is 0 Å². The number of aliphatic imine (C=N–C) groups is 1. The highest BCUT2D eigenvalue weighted by atomic mass is 16.3. The number of allylic oxidation sites excluding steroid dienone is 2. The monoisotopic (exact) mass is 477 g/mol. The molecule has 1 aromatic heterocycles. The van der Waals surface area contributed by atoms with Crippen LogP contribution in [0.2, 0.25) is 0 Å². The van der Waals surface area contributed by atoms with E-state index in [1.807, 2.05) is 6.92 Å². The third-order valence-corrected chi connectivity index (χ3v) is 9.74. The first-order valence-electron chi connectivity index (χ1n) is 14.5. The van der Waals surface area contributed by atoms with Crippen molar-refractivity contribution in [2.75, 3.05) is 13.1 Å². The Hall–Kier alpha value is -1.65. The second-order valence-corrected chi connectivity index (χ2v) is 12.2. The summed E-state index contributed by atoms with van der Waals surface area (Å²) >= 11 is 0. The van der Waals surface area contributed by atoms with E-state index < -0.39 is 6.10 Å². The summed E-state index contributed by atoms with van der Waals surface area (Å²) in [4.78, 5) is 11.5. The number of piperidine rings is 1. The van der Waals surface area contributed by atoms with Gasteiger partial charge in [0.25, 0.3) is 0 Å². The number of nitrogens with one attached hydrogen (secondary N) is 1. The molecule has 1 aromatic rings. The van der Waals surface area contributed by atoms with E-state index in [2.05, 4.69) is 55.1 Å². The Labute approximate surface area is 213 Å². The molecule has 2 fully saturated rings. The summed E-state index contributed by atoms with van der Waals surface area (Å²) in [6, 6.07) is 0.832. The molecule has 5 atom stereocenters. The van der Waals surface area contributed by atoms with E-state index in [0.29, 0.717) is 23.7 Å². The minimum absolute atomic E-state index is 0.399. The topological polar surface area (TPSA) is 51.6 Å². The van der Waals surface area contributed by atoms with E-state index in [1.165, 1.54) is 74.9 Å². The number of aromatic amines is 1. The molecule has 5 rings (SSSR count). The molecule has 2 aliphatic carbocycles. The molecule has 1 saturated carbocycles. The molecule has 0 amide bonds. The average molecular weight is 478 g/mol. The first-order valence-corrected chi connectivity index (χ1v) is 14.5. The Morgan fingerprint density at radius 2 is 1.80 bits per heavy atom. The van der Waals surface area contributed by atoms with Crippen LogP contribution >= 0.6 is 0 Å². The first-order chi connectivity index (χ1) is 16.9. The largest absolute Gasteiger partial charge is 0.389 e. The van der Waals surface area contributed by atoms with Crippen LogP contribution in [0.1, 0.15) is 94.9 Å². The molecule has 192 valence electrons. The van der Waals surface area contributed by atoms with Gasteiger partial charge in [0.15, 0.2) is 0 Å². The second-order valence-electron chi connectivity index (χ2n) is 12.2. The van der Waals surface area contributed by atoms with Crippen LogP contribution in [0.15, 0.2) is 28.8 Å². The normalized spacial score (nSPS) is 33.6. The molecular weight excluding hydrogens is 430 g/mol. The smallest absolute Gasteiger partial charge is 0.133 e. The number of aliphatic hydroxyl groups excluding tert-OH is 1. The van der Waals surface area contributed by atoms with Crippen molar-refractivity contribution >= 4 is 12.0 Å². The molecule has 4 heteroatoms. The molecule has 0 spiro atoms. The summed E-state index contributed by atoms with van der Waals surface area (Å²) in [5.74, 6) is 3.78. The molecule has 2 aliphatic heterocycles. The summed E-state index contributed by atoms with van der Waals surface area (Å²) in [5.41, 5.74) is 5.37. The highest BCUT2D eigenvalue weighted by Crippen LogP contribution is 2.43. The van der Waals surface area contributed by atoms with Crippen LogP contribution in [-0.4, -0.2) is 46.4 Å². The second kappa shape index (κ2) is 10.8. The lowest BCUT2D eigenvalue weighted by atomic mass is 9.76. The van der Waals surface area contributed by atoms with Gasteiger partial charge in [-0.1, -0.05) is 38.5 Å². The molecule has 0 bridgehead atoms. The summed E-state index contributed by atoms with van der Waals surface area (Å²) < 4.78 is 0. The van der Waals surface area contributed by atoms with Crippen molar-refractivity contribution in [3.05, 3.63) is 40.6 Å². The number of hydrogen-bond acceptors (Lipinski definition) is 3. The van der Waals surface area contributed by atoms with Crippen molar-refractivity contribution in [1.82, 2.24) is 9.88 Å². The highest BCUT2D eigenvalue weighted by molar-refractivity contribution is 5.72. The predicted molar refractivity (Wildman–Crippen MR) is 147 cm³/mol. The number of aliphatic hydroxyl groups is 1. The van der Waals surface area contributed by atoms with Gasteiger partial charge in [0.1, 0.15) is 5.82 Å². The fourth-order valence-electron chi connectivity index (χ4n) is 7.39. The van der Waals surface area contributed by atoms with E-state index in [4.69, 9.17) is 4.99 Å². The van der Waals surface area contributed by atoms with Gasteiger partial charge in [0, 0.05) is 29.4 Å². The zero-order valence-corrected chi connectivity index (χ0v) is 22.5. The lowest BCUT2D eigenvalue weighted by Crippen LogP contribution is -2.41. The number of hydrogen-bond donors (Lipinski definition) is 2. The zero-order chi connectivity index (χ0) is 24.5. The Bertz CT molecular complexity index is 956. The van der Waals surface area contributed by atoms with E-state index in [9.17, 15) is 5.11 Å². The maximum absolute atomic E-state index is 10.2. The minimum Gasteiger partial charge on any atom is -0.389 e. The van der Waals surface area contributed by atoms with Crippen molar-refractivity contribution in [2.45, 2.75) is 104 Å². The van der Waals surface area contributed by atoms with Gasteiger partial charge in [0.2, 0.25) is 0 Å². The third kappa shape index (κ3) is 5.39. The standard InChI is InChI=1S/C31H47N3O/c1-20-8-9-25(23(4)35)17-26(16-20)27-18-29-22(3)30(33-31(29)32-19-27)21(2)24-10-12-28(13-11-24)34-14-6-5-7-15-34/h8-9,17,19-21,23-24,26-28,33,35H,5-7,10-16,18H2,1-4H3. The summed E-state index contributed by atoms with van der Waals surface area (Å²) in [7, 11) is 0. The fraction of sp³-hybridized carbons (Fsp3) is 0.710. The van der Waals surface area contributed by atoms with Crippen LogP contribution in [-0.2, 0) is 6.42 Å². The first kappa shape index (κ1) is 25.0. The van der Waals surface area contributed by atoms with Gasteiger partial charge in [0.05, 0.1) is 6.10 Å². The quantitative estimate of drug-likeness (QED) is 0.486. The van der Waals surface area contributed by atoms with Crippen molar-refractivity contribution < 1.29 is 5.11 Å². The summed E-state index contributed by atoms with van der Waals surface area (Å²) in [6.45, 7) is 11.6. The third-order valence-electron chi connectivity index (χ3n) is 9.74. The maximum atomic E-state index is 10.2. The number of fused-ring (bicyclic) bond motifs is 1. The van der Waals surface area contributed by atoms with Crippen molar-refractivity contribution in [3.63, 3.8) is 0 Å². The molecule has 0 radical (unpaired) electrons. The van der Waals surface area contributed by atoms with Crippen LogP contribution in [0.25, 0.3) is 0 Å². The predicted octanol–water partition coefficient (Wildman–Crippen LogP) is 6.87. The SMILES string of the molecule is Cc1c(C(C)C2CCC(N3CCCCC3)CC2)[nH]c2c1CC(C1C=C(C(C)O)C=CC(C)C1)C=N2. The van der Waals surface area contributed by atoms with Crippen LogP contribution in [0.4, 0.5) is 5.82 Å². The van der Waals surface area contributed by atoms with Crippen LogP contribution in [0, 0.1) is 30.6 Å². The van der Waals surface area contributed by atoms with Gasteiger partial charge in [-0.15, -0.1) is 0 Å². The van der Waals surface area contributed by atoms with Gasteiger partial charge in [-0.05, 0) is 113 Å². The van der Waals surface area contributed by atoms with E-state index in [-0.39, 0.29) is 0 Å². The summed E-state index contributed by atoms with van der Waals surface area (Å²) in [5, 5.41) is 10.2. The fourth-order valence-corrected chi connectivity index (χ4v) is 7.39. The molecule has 4 nitrogen and oxygen atoms in total. The van der Waals surface area contributed by atoms with E-state index in [0.717, 1.165) is 36.2 Å². The highest BCUT2D eigenvalue weighted by Gasteiger charge is 2.33. The van der Waals surface area contributed by atoms with Gasteiger partial charge in [-0.25, -0.2) is 4.99 Å². The molecule has 4 aliphatic rings. The summed E-state index contributed by atoms with van der Waals surface area (Å²) in [6.07, 6.45) is 20.3. The molecule has 3 heterocycles. The van der Waals surface area contributed by atoms with Gasteiger partial charge < -0.3 is 15.0 Å². The zero-order valence-electron chi connectivity index (χ0n) is 22.5. The lowest BCUT2D eigenvalue weighted by molar-refractivity contribution is 0.110. The van der Waals surface area contributed by atoms with Gasteiger partial charge in [-0.2, -0.15) is 0 Å². The molecule has 1 saturated heterocycles. The van der Waals surface area contributed by atoms with Crippen LogP contribution in [0.5, 0.6) is 0 Å². The Kier molecular flexibility index (Phi) is 7.69. The number of likely N-dealkylation sites (tertiary alicyclic amines) is 1. The number of aromatic nitrogens is 1. The maximum Gasteiger partial charge on any atom is 0.133 e. The molecule has 0 aromatic carbocycles. The van der Waals surface area contributed by atoms with Gasteiger partial charge >= 0.3 is 0 Å². The van der Waals surface area contributed by atoms with Crippen molar-refractivity contribution in [1.29, 1.82) is 0 Å². The van der Waals surface area contributed by atoms with Crippen LogP contribution in [0.3, 0.4) is 0 Å². The number of H-pyrrole nitrogens is 1. The molecule has 2 N–H and O–H groups in total. The number of rotatable bonds is 5. The van der Waals surface area contributed by atoms with Crippen molar-refractivity contribution in [3.8, 4) is 0 Å². The minimum atomic E-state index is -0.415. The Morgan fingerprint density at radius 3 is 2.51 bits per heavy atom. The molecule has 5 unspecified atom stereocenters. The molecular formula is C31H47N3O. The number of nitrogens with zero attached hydrogens (tertiary/aromatic N) is 2. The molecule has 35 heavy (non-hydrogen) atoms.